The van der Waals surface area contributed by atoms with Gasteiger partial charge in [0.2, 0.25) is 0 Å². The maximum atomic E-state index is 13.2. The molecule has 4 aliphatic rings. The van der Waals surface area contributed by atoms with Crippen LogP contribution in [-0.2, 0) is 29.9 Å². The molecule has 2 aromatic carbocycles. The van der Waals surface area contributed by atoms with Crippen molar-refractivity contribution < 1.29 is 19.1 Å². The topological polar surface area (TPSA) is 78.4 Å². The summed E-state index contributed by atoms with van der Waals surface area (Å²) < 4.78 is 11.1. The van der Waals surface area contributed by atoms with E-state index in [-0.39, 0.29) is 24.8 Å². The Morgan fingerprint density at radius 3 is 1.51 bits per heavy atom. The normalized spacial score (nSPS) is 21.9. The number of carbonyl (C=O) groups excluding carboxylic acids is 2. The van der Waals surface area contributed by atoms with Crippen LogP contribution in [0.5, 0.6) is 0 Å². The molecule has 6 nitrogen and oxygen atoms in total. The average Bonchev–Trinajstić information content (AvgIpc) is 3.54. The van der Waals surface area contributed by atoms with E-state index in [1.165, 1.54) is 22.3 Å². The van der Waals surface area contributed by atoms with E-state index in [1.807, 2.05) is 26.0 Å². The molecule has 0 aliphatic heterocycles. The minimum absolute atomic E-state index is 0.191. The molecule has 0 N–H and O–H groups in total. The quantitative estimate of drug-likeness (QED) is 0.159. The van der Waals surface area contributed by atoms with Gasteiger partial charge in [0, 0.05) is 45.6 Å². The van der Waals surface area contributed by atoms with Crippen molar-refractivity contribution in [2.45, 2.75) is 82.5 Å². The van der Waals surface area contributed by atoms with Crippen molar-refractivity contribution in [3.8, 4) is 0 Å². The van der Waals surface area contributed by atoms with Gasteiger partial charge >= 0.3 is 11.9 Å². The smallest absolute Gasteiger partial charge is 0.305 e. The molecule has 0 spiro atoms. The molecule has 4 aromatic rings. The molecule has 0 amide bonds. The van der Waals surface area contributed by atoms with Gasteiger partial charge in [-0.1, -0.05) is 60.7 Å². The summed E-state index contributed by atoms with van der Waals surface area (Å²) in [7, 11) is 0. The number of fused-ring (bicyclic) bond motifs is 8. The number of hydrogen-bond donors (Lipinski definition) is 0. The van der Waals surface area contributed by atoms with Crippen LogP contribution in [-0.4, -0.2) is 35.1 Å². The first-order valence-electron chi connectivity index (χ1n) is 17.9. The first-order chi connectivity index (χ1) is 24.0. The molecule has 0 saturated heterocycles. The Morgan fingerprint density at radius 2 is 1.06 bits per heavy atom. The van der Waals surface area contributed by atoms with Crippen LogP contribution in [0.4, 0.5) is 0 Å². The maximum absolute atomic E-state index is 13.2. The highest BCUT2D eigenvalue weighted by molar-refractivity contribution is 5.96. The minimum Gasteiger partial charge on any atom is -0.466 e. The summed E-state index contributed by atoms with van der Waals surface area (Å²) in [5, 5.41) is 2.17. The lowest BCUT2D eigenvalue weighted by Gasteiger charge is -2.43. The minimum atomic E-state index is -0.559. The summed E-state index contributed by atoms with van der Waals surface area (Å²) in [6, 6.07) is 21.3. The van der Waals surface area contributed by atoms with Crippen LogP contribution in [0.1, 0.15) is 94.1 Å². The average molecular weight is 651 g/mol. The number of benzene rings is 2. The predicted molar refractivity (Wildman–Crippen MR) is 194 cm³/mol. The Hall–Kier alpha value is -4.84. The lowest BCUT2D eigenvalue weighted by atomic mass is 9.59. The highest BCUT2D eigenvalue weighted by atomic mass is 16.5. The molecule has 2 aromatic heterocycles. The van der Waals surface area contributed by atoms with E-state index in [2.05, 4.69) is 72.8 Å². The fraction of sp³-hybridized carbons (Fsp3) is 0.349. The number of allylic oxidation sites excluding steroid dienone is 8. The zero-order valence-electron chi connectivity index (χ0n) is 28.4. The Bertz CT molecular complexity index is 1990. The van der Waals surface area contributed by atoms with Crippen molar-refractivity contribution >= 4 is 44.9 Å². The lowest BCUT2D eigenvalue weighted by molar-refractivity contribution is -0.144. The fourth-order valence-corrected chi connectivity index (χ4v) is 9.08. The number of nitrogens with zero attached hydrogens (tertiary/aromatic N) is 2. The van der Waals surface area contributed by atoms with Gasteiger partial charge in [-0.25, -0.2) is 9.97 Å². The van der Waals surface area contributed by atoms with Crippen molar-refractivity contribution in [1.29, 1.82) is 0 Å². The molecule has 248 valence electrons. The van der Waals surface area contributed by atoms with E-state index in [4.69, 9.17) is 19.4 Å². The first kappa shape index (κ1) is 31.4. The second-order valence-corrected chi connectivity index (χ2v) is 13.7. The summed E-state index contributed by atoms with van der Waals surface area (Å²) in [6.45, 7) is 4.41. The molecule has 2 heterocycles. The van der Waals surface area contributed by atoms with Gasteiger partial charge in [-0.2, -0.15) is 0 Å². The van der Waals surface area contributed by atoms with E-state index >= 15 is 0 Å². The molecule has 8 rings (SSSR count). The second kappa shape index (κ2) is 12.6. The number of rotatable bonds is 10. The van der Waals surface area contributed by atoms with Gasteiger partial charge in [0.25, 0.3) is 0 Å². The number of para-hydroxylation sites is 2. The zero-order valence-corrected chi connectivity index (χ0v) is 28.4. The van der Waals surface area contributed by atoms with Crippen molar-refractivity contribution in [2.24, 2.45) is 0 Å². The van der Waals surface area contributed by atoms with E-state index in [0.29, 0.717) is 32.5 Å². The molecular weight excluding hydrogens is 608 g/mol. The van der Waals surface area contributed by atoms with Gasteiger partial charge in [0.15, 0.2) is 0 Å². The van der Waals surface area contributed by atoms with Crippen LogP contribution < -0.4 is 0 Å². The molecule has 0 fully saturated rings. The van der Waals surface area contributed by atoms with Gasteiger partial charge in [-0.3, -0.25) is 9.59 Å². The maximum Gasteiger partial charge on any atom is 0.305 e. The highest BCUT2D eigenvalue weighted by Crippen LogP contribution is 2.64. The van der Waals surface area contributed by atoms with Crippen molar-refractivity contribution in [3.63, 3.8) is 0 Å². The lowest BCUT2D eigenvalue weighted by Crippen LogP contribution is -2.39. The molecular formula is C43H42N2O4. The molecule has 4 aliphatic carbocycles. The van der Waals surface area contributed by atoms with Gasteiger partial charge in [0.1, 0.15) is 0 Å². The standard InChI is InChI=1S/C43H42N2O4/c1-3-48-38(46)21-23-42(32-17-9-7-15-30(32)40-34(42)25-28-13-5-11-19-36(28)44-40)27-43(24-22-39(47)49-4-2)33-18-10-8-16-31(33)41-35(43)26-29-14-6-12-20-37(29)45-41/h5-6,11-20,25-26H,3-4,7-10,21-24,27H2,1-2H3. The molecule has 2 atom stereocenters. The predicted octanol–water partition coefficient (Wildman–Crippen LogP) is 9.27. The molecule has 2 unspecified atom stereocenters. The molecule has 0 bridgehead atoms. The Balaban J connectivity index is 1.40. The number of hydrogen-bond acceptors (Lipinski definition) is 6. The number of pyridine rings is 2. The van der Waals surface area contributed by atoms with Crippen LogP contribution in [0.25, 0.3) is 33.0 Å². The summed E-state index contributed by atoms with van der Waals surface area (Å²) >= 11 is 0. The fourth-order valence-electron chi connectivity index (χ4n) is 9.08. The molecule has 49 heavy (non-hydrogen) atoms. The van der Waals surface area contributed by atoms with Gasteiger partial charge in [-0.15, -0.1) is 0 Å². The zero-order chi connectivity index (χ0) is 33.6. The Kier molecular flexibility index (Phi) is 8.05. The third-order valence-corrected chi connectivity index (χ3v) is 11.1. The van der Waals surface area contributed by atoms with Crippen LogP contribution in [0.3, 0.4) is 0 Å². The highest BCUT2D eigenvalue weighted by Gasteiger charge is 2.56. The second-order valence-electron chi connectivity index (χ2n) is 13.7. The largest absolute Gasteiger partial charge is 0.466 e. The summed E-state index contributed by atoms with van der Waals surface area (Å²) in [6.07, 6.45) is 15.6. The van der Waals surface area contributed by atoms with Crippen LogP contribution in [0, 0.1) is 0 Å². The SMILES string of the molecule is CCOC(=O)CCC1(CC2(CCC(=O)OCC)C3=CCCC=C3c3nc4ccccc4cc32)C2=CCCC=C2c2nc3ccccc3cc21. The Morgan fingerprint density at radius 1 is 0.633 bits per heavy atom. The monoisotopic (exact) mass is 650 g/mol. The van der Waals surface area contributed by atoms with E-state index in [0.717, 1.165) is 70.0 Å². The van der Waals surface area contributed by atoms with Crippen LogP contribution >= 0.6 is 0 Å². The number of esters is 2. The first-order valence-corrected chi connectivity index (χ1v) is 17.9. The number of ether oxygens (including phenoxy) is 2. The van der Waals surface area contributed by atoms with Crippen molar-refractivity contribution in [3.05, 3.63) is 119 Å². The third-order valence-electron chi connectivity index (χ3n) is 11.1. The van der Waals surface area contributed by atoms with E-state index in [9.17, 15) is 9.59 Å². The molecule has 0 saturated carbocycles. The molecule has 0 radical (unpaired) electrons. The van der Waals surface area contributed by atoms with Crippen molar-refractivity contribution in [2.75, 3.05) is 13.2 Å². The summed E-state index contributed by atoms with van der Waals surface area (Å²) in [5.74, 6) is -0.382. The van der Waals surface area contributed by atoms with Gasteiger partial charge < -0.3 is 9.47 Å². The van der Waals surface area contributed by atoms with Gasteiger partial charge in [-0.05, 0) is 105 Å². The Labute approximate surface area is 287 Å². The number of aromatic nitrogens is 2. The summed E-state index contributed by atoms with van der Waals surface area (Å²) in [4.78, 5) is 37.1. The summed E-state index contributed by atoms with van der Waals surface area (Å²) in [5.41, 5.74) is 10.0. The van der Waals surface area contributed by atoms with Crippen LogP contribution in [0.2, 0.25) is 0 Å². The van der Waals surface area contributed by atoms with E-state index < -0.39 is 10.8 Å². The number of carbonyl (C=O) groups is 2. The van der Waals surface area contributed by atoms with E-state index in [1.54, 1.807) is 0 Å². The van der Waals surface area contributed by atoms with Gasteiger partial charge in [0.05, 0.1) is 35.6 Å². The van der Waals surface area contributed by atoms with Crippen LogP contribution in [0.15, 0.2) is 96.1 Å². The van der Waals surface area contributed by atoms with Crippen molar-refractivity contribution in [1.82, 2.24) is 9.97 Å². The molecule has 6 heteroatoms. The third kappa shape index (κ3) is 5.15.